The largest absolute Gasteiger partial charge is 1.00 e. The fraction of sp³-hybridized carbons (Fsp3) is 0.0256. The van der Waals surface area contributed by atoms with Crippen molar-refractivity contribution < 1.29 is 256 Å². The quantitative estimate of drug-likeness (QED) is 0.0160. The fourth-order valence-electron chi connectivity index (χ4n) is 9.63. The van der Waals surface area contributed by atoms with Gasteiger partial charge in [0, 0.05) is 18.2 Å². The summed E-state index contributed by atoms with van der Waals surface area (Å²) in [5, 5.41) is 35.9. The summed E-state index contributed by atoms with van der Waals surface area (Å²) in [6, 6.07) is 38.4. The normalized spacial score (nSPS) is 10.7. The Morgan fingerprint density at radius 2 is 0.664 bits per heavy atom. The summed E-state index contributed by atoms with van der Waals surface area (Å²) < 4.78 is 367. The standard InChI is InChI=1S/C40H22F8O7S.C12F10.C12H10O2.C8H4F2.C6H6O5S.2K/c1-4-20-6-5-19(2)17-27(20)53-25-15-16-26(28(18-25)56(49,50)51)55-40-37(47)33(43)30(34(44)38(40)48)29-31(41)35(45)39(36(46)32(29)42)54-24-13-9-22(10-14-24)21-7-11-23(52-3)12-8-21;13-3-1(4(14)8(18)11(21)7(3)17)2-5(15)9(19)12(22)10(20)6(2)16;13-11-5-1-9(2-6-11)10-3-7-12(14)8-4-10;1-2-6-3-4-7(9)5-8(6)10;7-4-1-2-5(8)6(3-4)12(9,10)11;;/h1,5-18H,2-3H3,(H,49,50,51);;1-8,13-14H;1,3-5H;1-3,7-8H,(H,9,10,11);;/q;;;;;2*+1/p-2. The Morgan fingerprint density at radius 1 is 0.328 bits per heavy atom. The first kappa shape index (κ1) is 94.7. The van der Waals surface area contributed by atoms with Gasteiger partial charge in [-0.1, -0.05) is 66.4 Å². The van der Waals surface area contributed by atoms with Gasteiger partial charge >= 0.3 is 103 Å². The average molecular weight is 1720 g/mol. The molecule has 0 aliphatic rings. The fourth-order valence-corrected chi connectivity index (χ4v) is 10.8. The summed E-state index contributed by atoms with van der Waals surface area (Å²) in [5.41, 5.74) is -4.69. The third kappa shape index (κ3) is 21.9. The molecule has 0 saturated heterocycles. The zero-order valence-corrected chi connectivity index (χ0v) is 66.4. The summed E-state index contributed by atoms with van der Waals surface area (Å²) in [6.45, 7) is 1.68. The van der Waals surface area contributed by atoms with Gasteiger partial charge in [-0.25, -0.2) is 87.1 Å². The number of phenols is 4. The molecule has 12 aromatic rings. The molecule has 14 nitrogen and oxygen atoms in total. The van der Waals surface area contributed by atoms with Gasteiger partial charge in [0.2, 0.25) is 46.4 Å². The molecule has 0 fully saturated rings. The number of rotatable bonds is 13. The van der Waals surface area contributed by atoms with Gasteiger partial charge in [0.15, 0.2) is 69.8 Å². The molecule has 0 unspecified atom stereocenters. The van der Waals surface area contributed by atoms with Crippen molar-refractivity contribution in [3.8, 4) is 132 Å². The molecule has 0 radical (unpaired) electrons. The molecule has 4 N–H and O–H groups in total. The topological polar surface area (TPSA) is 232 Å². The van der Waals surface area contributed by atoms with E-state index in [9.17, 15) is 78.6 Å². The maximum atomic E-state index is 15.4. The van der Waals surface area contributed by atoms with E-state index in [-0.39, 0.29) is 148 Å². The molecule has 12 rings (SSSR count). The first-order valence-corrected chi connectivity index (χ1v) is 33.6. The Hall–Kier alpha value is -10.1. The van der Waals surface area contributed by atoms with Crippen LogP contribution in [0.4, 0.5) is 87.8 Å². The van der Waals surface area contributed by atoms with Crippen LogP contribution in [0.5, 0.6) is 63.2 Å². The number of halogens is 20. The van der Waals surface area contributed by atoms with E-state index in [1.54, 1.807) is 61.5 Å². The molecule has 0 aliphatic heterocycles. The van der Waals surface area contributed by atoms with Crippen molar-refractivity contribution in [3.63, 3.8) is 0 Å². The van der Waals surface area contributed by atoms with Crippen LogP contribution in [0, 0.1) is 148 Å². The number of terminal acetylenes is 2. The molecule has 0 bridgehead atoms. The van der Waals surface area contributed by atoms with E-state index in [1.807, 2.05) is 24.3 Å². The molecule has 0 saturated carbocycles. The molecule has 12 aromatic carbocycles. The Labute approximate surface area is 727 Å². The number of hydrogen-bond donors (Lipinski definition) is 4. The zero-order chi connectivity index (χ0) is 84.4. The molecule has 0 spiro atoms. The monoisotopic (exact) mass is 1720 g/mol. The summed E-state index contributed by atoms with van der Waals surface area (Å²) in [6.07, 6.45) is 10.3. The molecule has 116 heavy (non-hydrogen) atoms. The van der Waals surface area contributed by atoms with Gasteiger partial charge in [0.1, 0.15) is 88.5 Å². The summed E-state index contributed by atoms with van der Waals surface area (Å²) in [4.78, 5) is -2.15. The molecular weight excluding hydrogens is 1680 g/mol. The van der Waals surface area contributed by atoms with Crippen molar-refractivity contribution in [1.82, 2.24) is 0 Å². The van der Waals surface area contributed by atoms with E-state index in [1.165, 1.54) is 49.6 Å². The number of aromatic hydroxyl groups is 4. The third-order valence-electron chi connectivity index (χ3n) is 15.1. The molecule has 0 atom stereocenters. The minimum atomic E-state index is -5.58. The van der Waals surface area contributed by atoms with E-state index in [2.05, 4.69) is 11.8 Å². The second-order valence-electron chi connectivity index (χ2n) is 22.5. The van der Waals surface area contributed by atoms with Crippen LogP contribution in [-0.4, -0.2) is 53.5 Å². The Balaban J connectivity index is 0.000000280. The zero-order valence-electron chi connectivity index (χ0n) is 58.6. The van der Waals surface area contributed by atoms with Crippen molar-refractivity contribution in [1.29, 1.82) is 0 Å². The van der Waals surface area contributed by atoms with Crippen LogP contribution in [0.2, 0.25) is 0 Å². The minimum absolute atomic E-state index is 0. The van der Waals surface area contributed by atoms with E-state index in [4.69, 9.17) is 52.2 Å². The molecule has 0 aromatic heterocycles. The summed E-state index contributed by atoms with van der Waals surface area (Å²) in [5.74, 6) is -49.0. The number of hydrogen-bond acceptors (Lipinski definition) is 14. The van der Waals surface area contributed by atoms with Crippen LogP contribution in [0.25, 0.3) is 44.5 Å². The molecule has 0 amide bonds. The Morgan fingerprint density at radius 3 is 1.03 bits per heavy atom. The second-order valence-corrected chi connectivity index (χ2v) is 25.2. The van der Waals surface area contributed by atoms with E-state index >= 15 is 35.1 Å². The maximum absolute atomic E-state index is 15.4. The molecule has 38 heteroatoms. The van der Waals surface area contributed by atoms with Gasteiger partial charge in [-0.05, 0) is 132 Å². The number of phenolic OH excluding ortho intramolecular Hbond substituents is 4. The van der Waals surface area contributed by atoms with Gasteiger partial charge in [0.05, 0.1) is 45.4 Å². The Kier molecular flexibility index (Phi) is 32.8. The van der Waals surface area contributed by atoms with Gasteiger partial charge in [-0.3, -0.25) is 0 Å². The van der Waals surface area contributed by atoms with Gasteiger partial charge < -0.3 is 48.5 Å². The van der Waals surface area contributed by atoms with E-state index in [0.717, 1.165) is 41.5 Å². The second kappa shape index (κ2) is 40.1. The Bertz CT molecular complexity index is 5820. The number of ether oxygens (including phenoxy) is 4. The minimum Gasteiger partial charge on any atom is -0.744 e. The van der Waals surface area contributed by atoms with Crippen LogP contribution in [0.3, 0.4) is 0 Å². The average Bonchev–Trinajstić information content (AvgIpc) is 0.754. The van der Waals surface area contributed by atoms with Crippen molar-refractivity contribution in [2.24, 2.45) is 0 Å². The first-order valence-electron chi connectivity index (χ1n) is 30.7. The van der Waals surface area contributed by atoms with E-state index < -0.39 is 192 Å². The van der Waals surface area contributed by atoms with Gasteiger partial charge in [-0.2, -0.15) is 17.6 Å². The summed E-state index contributed by atoms with van der Waals surface area (Å²) in [7, 11) is -8.82. The molecule has 0 heterocycles. The molecule has 0 aliphatic carbocycles. The predicted octanol–water partition coefficient (Wildman–Crippen LogP) is 14.2. The van der Waals surface area contributed by atoms with E-state index in [0.29, 0.717) is 40.6 Å². The summed E-state index contributed by atoms with van der Waals surface area (Å²) >= 11 is 0. The first-order chi connectivity index (χ1) is 53.5. The van der Waals surface area contributed by atoms with Crippen molar-refractivity contribution in [2.75, 3.05) is 7.11 Å². The van der Waals surface area contributed by atoms with Crippen LogP contribution in [0.15, 0.2) is 180 Å². The van der Waals surface area contributed by atoms with Crippen LogP contribution < -0.4 is 122 Å². The number of benzene rings is 12. The van der Waals surface area contributed by atoms with Crippen molar-refractivity contribution in [2.45, 2.75) is 16.7 Å². The third-order valence-corrected chi connectivity index (χ3v) is 16.9. The smallest absolute Gasteiger partial charge is 0.744 e. The molecular formula is C78H40F20K2O14S2. The number of aryl methyl sites for hydroxylation is 1. The SMILES string of the molecule is C#Cc1ccc(C)cc1Oc1ccc(Oc2c(F)c(F)c(-c3c(F)c(F)c(Oc4ccc(-c5ccc(OC)cc5)cc4)c(F)c3F)c(F)c2F)c(S(=O)(=O)[O-])c1.C#Cc1ccc(F)cc1F.Fc1c(F)c(F)c(-c2c(F)c(F)c(F)c(F)c2F)c(F)c1F.O=S(=O)([O-])c1cc(O)ccc1O.Oc1ccc(-c2ccc(O)cc2)cc1.[K+].[K+]. The van der Waals surface area contributed by atoms with Gasteiger partial charge in [0.25, 0.3) is 0 Å². The number of methoxy groups -OCH3 is 1. The van der Waals surface area contributed by atoms with Gasteiger partial charge in [-0.15, -0.1) is 12.8 Å². The van der Waals surface area contributed by atoms with Crippen molar-refractivity contribution >= 4 is 20.2 Å². The van der Waals surface area contributed by atoms with Crippen LogP contribution in [0.1, 0.15) is 16.7 Å². The van der Waals surface area contributed by atoms with Crippen LogP contribution in [-0.2, 0) is 20.2 Å². The predicted molar refractivity (Wildman–Crippen MR) is 362 cm³/mol. The van der Waals surface area contributed by atoms with Crippen LogP contribution >= 0.6 is 0 Å². The maximum Gasteiger partial charge on any atom is 1.00 e. The van der Waals surface area contributed by atoms with Crippen molar-refractivity contribution in [3.05, 3.63) is 303 Å². The molecule has 590 valence electrons.